The van der Waals surface area contributed by atoms with Crippen molar-refractivity contribution in [1.29, 1.82) is 0 Å². The van der Waals surface area contributed by atoms with E-state index in [9.17, 15) is 4.79 Å². The van der Waals surface area contributed by atoms with Crippen molar-refractivity contribution in [2.24, 2.45) is 0 Å². The van der Waals surface area contributed by atoms with Crippen LogP contribution in [0.25, 0.3) is 0 Å². The molecular weight excluding hydrogens is 244 g/mol. The molecule has 0 unspecified atom stereocenters. The first kappa shape index (κ1) is 15.1. The van der Waals surface area contributed by atoms with E-state index in [1.165, 1.54) is 0 Å². The Kier molecular flexibility index (Phi) is 5.99. The van der Waals surface area contributed by atoms with Gasteiger partial charge in [0.1, 0.15) is 0 Å². The lowest BCUT2D eigenvalue weighted by molar-refractivity contribution is 0.207. The van der Waals surface area contributed by atoms with Gasteiger partial charge in [0.25, 0.3) is 0 Å². The molecule has 0 aliphatic heterocycles. The molecule has 0 radical (unpaired) electrons. The number of urea groups is 1. The normalized spacial score (nSPS) is 9.89. The highest BCUT2D eigenvalue weighted by molar-refractivity contribution is 5.73. The molecule has 0 fully saturated rings. The fraction of sp³-hybridized carbons (Fsp3) is 0.500. The Bertz CT molecular complexity index is 421. The van der Waals surface area contributed by atoms with Gasteiger partial charge < -0.3 is 19.7 Å². The van der Waals surface area contributed by atoms with Gasteiger partial charge in [-0.1, -0.05) is 13.0 Å². The molecule has 1 rings (SSSR count). The maximum Gasteiger partial charge on any atom is 0.317 e. The SMILES string of the molecule is CCCNC(=O)N(C)Cc1ccc(OC)c(OC)c1. The summed E-state index contributed by atoms with van der Waals surface area (Å²) in [4.78, 5) is 13.4. The summed E-state index contributed by atoms with van der Waals surface area (Å²) in [7, 11) is 4.96. The average molecular weight is 266 g/mol. The molecule has 0 atom stereocenters. The van der Waals surface area contributed by atoms with Crippen LogP contribution in [0.15, 0.2) is 18.2 Å². The zero-order valence-corrected chi connectivity index (χ0v) is 12.0. The topological polar surface area (TPSA) is 50.8 Å². The first-order chi connectivity index (χ1) is 9.12. The fourth-order valence-electron chi connectivity index (χ4n) is 1.69. The minimum absolute atomic E-state index is 0.0726. The van der Waals surface area contributed by atoms with E-state index >= 15 is 0 Å². The van der Waals surface area contributed by atoms with E-state index in [0.717, 1.165) is 12.0 Å². The second-order valence-electron chi connectivity index (χ2n) is 4.28. The first-order valence-corrected chi connectivity index (χ1v) is 6.32. The van der Waals surface area contributed by atoms with Gasteiger partial charge in [0, 0.05) is 20.1 Å². The third-order valence-electron chi connectivity index (χ3n) is 2.74. The molecule has 5 heteroatoms. The van der Waals surface area contributed by atoms with Gasteiger partial charge in [-0.3, -0.25) is 0 Å². The minimum Gasteiger partial charge on any atom is -0.493 e. The van der Waals surface area contributed by atoms with Crippen molar-refractivity contribution in [3.05, 3.63) is 23.8 Å². The van der Waals surface area contributed by atoms with Crippen LogP contribution >= 0.6 is 0 Å². The summed E-state index contributed by atoms with van der Waals surface area (Å²) in [5.74, 6) is 1.35. The van der Waals surface area contributed by atoms with Gasteiger partial charge in [0.15, 0.2) is 11.5 Å². The van der Waals surface area contributed by atoms with Crippen LogP contribution in [-0.4, -0.2) is 38.7 Å². The number of benzene rings is 1. The predicted molar refractivity (Wildman–Crippen MR) is 74.7 cm³/mol. The van der Waals surface area contributed by atoms with E-state index in [0.29, 0.717) is 24.6 Å². The lowest BCUT2D eigenvalue weighted by Gasteiger charge is -2.18. The van der Waals surface area contributed by atoms with Crippen LogP contribution in [0.5, 0.6) is 11.5 Å². The Morgan fingerprint density at radius 1 is 1.26 bits per heavy atom. The number of nitrogens with zero attached hydrogens (tertiary/aromatic N) is 1. The fourth-order valence-corrected chi connectivity index (χ4v) is 1.69. The van der Waals surface area contributed by atoms with Crippen LogP contribution in [-0.2, 0) is 6.54 Å². The van der Waals surface area contributed by atoms with Crippen LogP contribution in [0.3, 0.4) is 0 Å². The molecule has 2 amide bonds. The van der Waals surface area contributed by atoms with Gasteiger partial charge in [-0.05, 0) is 24.1 Å². The van der Waals surface area contributed by atoms with Gasteiger partial charge >= 0.3 is 6.03 Å². The van der Waals surface area contributed by atoms with E-state index in [-0.39, 0.29) is 6.03 Å². The molecule has 19 heavy (non-hydrogen) atoms. The van der Waals surface area contributed by atoms with Gasteiger partial charge in [-0.15, -0.1) is 0 Å². The van der Waals surface area contributed by atoms with Crippen molar-refractivity contribution in [3.63, 3.8) is 0 Å². The highest BCUT2D eigenvalue weighted by Gasteiger charge is 2.10. The van der Waals surface area contributed by atoms with E-state index < -0.39 is 0 Å². The number of carbonyl (C=O) groups is 1. The largest absolute Gasteiger partial charge is 0.493 e. The number of rotatable bonds is 6. The summed E-state index contributed by atoms with van der Waals surface area (Å²) in [5.41, 5.74) is 0.992. The van der Waals surface area contributed by atoms with Gasteiger partial charge in [-0.2, -0.15) is 0 Å². The van der Waals surface area contributed by atoms with Crippen LogP contribution < -0.4 is 14.8 Å². The molecule has 0 aliphatic rings. The molecule has 0 bridgehead atoms. The number of amides is 2. The number of hydrogen-bond donors (Lipinski definition) is 1. The average Bonchev–Trinajstić information content (AvgIpc) is 2.44. The number of hydrogen-bond acceptors (Lipinski definition) is 3. The maximum atomic E-state index is 11.7. The molecule has 5 nitrogen and oxygen atoms in total. The minimum atomic E-state index is -0.0726. The van der Waals surface area contributed by atoms with E-state index in [2.05, 4.69) is 5.32 Å². The summed E-state index contributed by atoms with van der Waals surface area (Å²) in [6, 6.07) is 5.57. The Morgan fingerprint density at radius 3 is 2.53 bits per heavy atom. The third kappa shape index (κ3) is 4.35. The Morgan fingerprint density at radius 2 is 1.95 bits per heavy atom. The zero-order valence-electron chi connectivity index (χ0n) is 12.0. The van der Waals surface area contributed by atoms with E-state index in [4.69, 9.17) is 9.47 Å². The predicted octanol–water partition coefficient (Wildman–Crippen LogP) is 2.26. The molecule has 106 valence electrons. The number of carbonyl (C=O) groups excluding carboxylic acids is 1. The number of nitrogens with one attached hydrogen (secondary N) is 1. The lowest BCUT2D eigenvalue weighted by atomic mass is 10.2. The summed E-state index contributed by atoms with van der Waals surface area (Å²) < 4.78 is 10.4. The summed E-state index contributed by atoms with van der Waals surface area (Å²) in [6.07, 6.45) is 0.927. The van der Waals surface area contributed by atoms with Crippen molar-refractivity contribution in [2.75, 3.05) is 27.8 Å². The van der Waals surface area contributed by atoms with Gasteiger partial charge in [-0.25, -0.2) is 4.79 Å². The molecule has 0 aromatic heterocycles. The Hall–Kier alpha value is -1.91. The lowest BCUT2D eigenvalue weighted by Crippen LogP contribution is -2.37. The van der Waals surface area contributed by atoms with Crippen molar-refractivity contribution >= 4 is 6.03 Å². The molecule has 1 N–H and O–H groups in total. The van der Waals surface area contributed by atoms with Gasteiger partial charge in [0.2, 0.25) is 0 Å². The monoisotopic (exact) mass is 266 g/mol. The first-order valence-electron chi connectivity index (χ1n) is 6.32. The Labute approximate surface area is 114 Å². The highest BCUT2D eigenvalue weighted by atomic mass is 16.5. The van der Waals surface area contributed by atoms with Crippen LogP contribution in [0.1, 0.15) is 18.9 Å². The smallest absolute Gasteiger partial charge is 0.317 e. The van der Waals surface area contributed by atoms with Crippen LogP contribution in [0, 0.1) is 0 Å². The molecule has 0 aliphatic carbocycles. The molecule has 1 aromatic rings. The van der Waals surface area contributed by atoms with Crippen LogP contribution in [0.2, 0.25) is 0 Å². The summed E-state index contributed by atoms with van der Waals surface area (Å²) >= 11 is 0. The zero-order chi connectivity index (χ0) is 14.3. The van der Waals surface area contributed by atoms with Crippen molar-refractivity contribution < 1.29 is 14.3 Å². The molecule has 0 heterocycles. The summed E-state index contributed by atoms with van der Waals surface area (Å²) in [6.45, 7) is 3.24. The van der Waals surface area contributed by atoms with Crippen molar-refractivity contribution in [2.45, 2.75) is 19.9 Å². The second kappa shape index (κ2) is 7.51. The maximum absolute atomic E-state index is 11.7. The van der Waals surface area contributed by atoms with Crippen molar-refractivity contribution in [3.8, 4) is 11.5 Å². The number of methoxy groups -OCH3 is 2. The van der Waals surface area contributed by atoms with Gasteiger partial charge in [0.05, 0.1) is 14.2 Å². The molecule has 0 spiro atoms. The third-order valence-corrected chi connectivity index (χ3v) is 2.74. The van der Waals surface area contributed by atoms with E-state index in [1.54, 1.807) is 26.2 Å². The standard InChI is InChI=1S/C14H22N2O3/c1-5-8-15-14(17)16(2)10-11-6-7-12(18-3)13(9-11)19-4/h6-7,9H,5,8,10H2,1-4H3,(H,15,17). The van der Waals surface area contributed by atoms with E-state index in [1.807, 2.05) is 25.1 Å². The molecule has 1 aromatic carbocycles. The van der Waals surface area contributed by atoms with Crippen LogP contribution in [0.4, 0.5) is 4.79 Å². The second-order valence-corrected chi connectivity index (χ2v) is 4.28. The molecule has 0 saturated carbocycles. The highest BCUT2D eigenvalue weighted by Crippen LogP contribution is 2.27. The molecular formula is C14H22N2O3. The Balaban J connectivity index is 2.68. The molecule has 0 saturated heterocycles. The number of ether oxygens (including phenoxy) is 2. The summed E-state index contributed by atoms with van der Waals surface area (Å²) in [5, 5.41) is 2.83. The quantitative estimate of drug-likeness (QED) is 0.859. The van der Waals surface area contributed by atoms with Crippen molar-refractivity contribution in [1.82, 2.24) is 10.2 Å².